The van der Waals surface area contributed by atoms with Gasteiger partial charge in [0, 0.05) is 24.1 Å². The molecule has 72 valence electrons. The summed E-state index contributed by atoms with van der Waals surface area (Å²) >= 11 is 4.63. The lowest BCUT2D eigenvalue weighted by atomic mass is 10.3. The van der Waals surface area contributed by atoms with Gasteiger partial charge in [0.25, 0.3) is 0 Å². The minimum absolute atomic E-state index is 0.152. The number of halogens is 1. The Kier molecular flexibility index (Phi) is 4.05. The summed E-state index contributed by atoms with van der Waals surface area (Å²) in [6, 6.07) is 1.75. The topological polar surface area (TPSA) is 35.5 Å². The maximum Gasteiger partial charge on any atom is 0.228 e. The maximum absolute atomic E-state index is 11.6. The molecule has 1 aromatic rings. The number of carbonyl (C=O) groups excluding carboxylic acids is 1. The Balaban J connectivity index is 2.78. The number of thiophene rings is 1. The molecule has 0 radical (unpaired) electrons. The molecular weight excluding hydrogens is 256 g/mol. The van der Waals surface area contributed by atoms with E-state index < -0.39 is 6.29 Å². The van der Waals surface area contributed by atoms with Gasteiger partial charge in [-0.05, 0) is 22.0 Å². The number of hydrogen-bond donors (Lipinski definition) is 0. The summed E-state index contributed by atoms with van der Waals surface area (Å²) in [7, 11) is 2.88. The largest absolute Gasteiger partial charge is 0.349 e. The van der Waals surface area contributed by atoms with E-state index in [-0.39, 0.29) is 5.78 Å². The molecule has 0 aliphatic carbocycles. The number of Topliss-reactive ketones (excluding diaryl/α,β-unsaturated/α-hetero) is 1. The third-order valence-corrected chi connectivity index (χ3v) is 3.16. The fourth-order valence-electron chi connectivity index (χ4n) is 0.869. The van der Waals surface area contributed by atoms with Crippen molar-refractivity contribution in [3.05, 3.63) is 20.8 Å². The quantitative estimate of drug-likeness (QED) is 0.619. The number of ether oxygens (including phenoxy) is 2. The van der Waals surface area contributed by atoms with Gasteiger partial charge in [0.2, 0.25) is 12.1 Å². The molecule has 0 spiro atoms. The van der Waals surface area contributed by atoms with Gasteiger partial charge in [-0.3, -0.25) is 4.79 Å². The van der Waals surface area contributed by atoms with E-state index in [1.54, 1.807) is 6.07 Å². The summed E-state index contributed by atoms with van der Waals surface area (Å²) in [5, 5.41) is 1.84. The van der Waals surface area contributed by atoms with Gasteiger partial charge in [-0.15, -0.1) is 11.3 Å². The summed E-state index contributed by atoms with van der Waals surface area (Å²) < 4.78 is 10.6. The minimum atomic E-state index is -0.800. The van der Waals surface area contributed by atoms with Gasteiger partial charge in [0.05, 0.1) is 4.88 Å². The average Bonchev–Trinajstić information content (AvgIpc) is 2.54. The molecular formula is C8H9BrO3S. The third kappa shape index (κ3) is 2.60. The second-order valence-electron chi connectivity index (χ2n) is 2.30. The molecule has 5 heteroatoms. The predicted octanol–water partition coefficient (Wildman–Crippen LogP) is 2.31. The highest BCUT2D eigenvalue weighted by molar-refractivity contribution is 9.10. The molecule has 0 aliphatic rings. The maximum atomic E-state index is 11.6. The first-order valence-corrected chi connectivity index (χ1v) is 5.20. The summed E-state index contributed by atoms with van der Waals surface area (Å²) in [6.07, 6.45) is -0.800. The van der Waals surface area contributed by atoms with Crippen LogP contribution in [0.1, 0.15) is 9.67 Å². The van der Waals surface area contributed by atoms with Crippen molar-refractivity contribution in [3.8, 4) is 0 Å². The Morgan fingerprint density at radius 1 is 1.54 bits per heavy atom. The van der Waals surface area contributed by atoms with Gasteiger partial charge in [-0.25, -0.2) is 0 Å². The predicted molar refractivity (Wildman–Crippen MR) is 54.2 cm³/mol. The van der Waals surface area contributed by atoms with E-state index in [4.69, 9.17) is 9.47 Å². The van der Waals surface area contributed by atoms with Crippen LogP contribution >= 0.6 is 27.3 Å². The van der Waals surface area contributed by atoms with Crippen molar-refractivity contribution in [2.24, 2.45) is 0 Å². The first kappa shape index (κ1) is 10.8. The molecule has 1 aromatic heterocycles. The monoisotopic (exact) mass is 264 g/mol. The third-order valence-electron chi connectivity index (χ3n) is 1.45. The Bertz CT molecular complexity index is 293. The van der Waals surface area contributed by atoms with E-state index in [0.29, 0.717) is 4.88 Å². The van der Waals surface area contributed by atoms with Gasteiger partial charge in [-0.1, -0.05) is 0 Å². The number of methoxy groups -OCH3 is 2. The van der Waals surface area contributed by atoms with Crippen LogP contribution in [0.4, 0.5) is 0 Å². The van der Waals surface area contributed by atoms with Crippen molar-refractivity contribution >= 4 is 33.0 Å². The number of rotatable bonds is 4. The molecule has 1 rings (SSSR count). The van der Waals surface area contributed by atoms with Gasteiger partial charge >= 0.3 is 0 Å². The van der Waals surface area contributed by atoms with Crippen LogP contribution in [-0.2, 0) is 9.47 Å². The number of ketones is 1. The summed E-state index contributed by atoms with van der Waals surface area (Å²) in [5.41, 5.74) is 0. The van der Waals surface area contributed by atoms with Gasteiger partial charge in [-0.2, -0.15) is 0 Å². The molecule has 0 N–H and O–H groups in total. The Hall–Kier alpha value is -0.230. The van der Waals surface area contributed by atoms with E-state index in [0.717, 1.165) is 4.47 Å². The van der Waals surface area contributed by atoms with Crippen molar-refractivity contribution in [1.29, 1.82) is 0 Å². The highest BCUT2D eigenvalue weighted by Gasteiger charge is 2.20. The fraction of sp³-hybridized carbons (Fsp3) is 0.375. The lowest BCUT2D eigenvalue weighted by Gasteiger charge is -2.09. The molecule has 3 nitrogen and oxygen atoms in total. The normalized spacial score (nSPS) is 10.8. The lowest BCUT2D eigenvalue weighted by Crippen LogP contribution is -2.24. The second kappa shape index (κ2) is 4.85. The van der Waals surface area contributed by atoms with E-state index in [2.05, 4.69) is 15.9 Å². The van der Waals surface area contributed by atoms with Gasteiger partial charge in [0.15, 0.2) is 0 Å². The van der Waals surface area contributed by atoms with E-state index >= 15 is 0 Å². The van der Waals surface area contributed by atoms with Crippen LogP contribution in [-0.4, -0.2) is 26.3 Å². The van der Waals surface area contributed by atoms with Crippen LogP contribution in [0, 0.1) is 0 Å². The standard InChI is InChI=1S/C8H9BrO3S/c1-11-8(12-2)7(10)6-3-5(9)4-13-6/h3-4,8H,1-2H3. The van der Waals surface area contributed by atoms with Crippen molar-refractivity contribution in [3.63, 3.8) is 0 Å². The molecule has 0 unspecified atom stereocenters. The van der Waals surface area contributed by atoms with Gasteiger partial charge < -0.3 is 9.47 Å². The SMILES string of the molecule is COC(OC)C(=O)c1cc(Br)cs1. The molecule has 0 amide bonds. The molecule has 0 saturated heterocycles. The number of carbonyl (C=O) groups is 1. The first-order chi connectivity index (χ1) is 6.19. The second-order valence-corrected chi connectivity index (χ2v) is 4.12. The van der Waals surface area contributed by atoms with E-state index in [1.165, 1.54) is 25.6 Å². The van der Waals surface area contributed by atoms with Crippen LogP contribution < -0.4 is 0 Å². The average molecular weight is 265 g/mol. The molecule has 0 atom stereocenters. The lowest BCUT2D eigenvalue weighted by molar-refractivity contribution is -0.0739. The molecule has 0 saturated carbocycles. The minimum Gasteiger partial charge on any atom is -0.349 e. The highest BCUT2D eigenvalue weighted by atomic mass is 79.9. The molecule has 0 bridgehead atoms. The Labute approximate surface area is 88.8 Å². The number of hydrogen-bond acceptors (Lipinski definition) is 4. The van der Waals surface area contributed by atoms with E-state index in [9.17, 15) is 4.79 Å². The van der Waals surface area contributed by atoms with Crippen LogP contribution in [0.2, 0.25) is 0 Å². The van der Waals surface area contributed by atoms with Crippen molar-refractivity contribution < 1.29 is 14.3 Å². The zero-order valence-corrected chi connectivity index (χ0v) is 9.65. The molecule has 0 aliphatic heterocycles. The molecule has 13 heavy (non-hydrogen) atoms. The summed E-state index contributed by atoms with van der Waals surface area (Å²) in [5.74, 6) is -0.152. The molecule has 0 fully saturated rings. The molecule has 0 aromatic carbocycles. The van der Waals surface area contributed by atoms with Crippen LogP contribution in [0.5, 0.6) is 0 Å². The summed E-state index contributed by atoms with van der Waals surface area (Å²) in [4.78, 5) is 12.2. The Morgan fingerprint density at radius 2 is 2.15 bits per heavy atom. The van der Waals surface area contributed by atoms with Crippen LogP contribution in [0.25, 0.3) is 0 Å². The van der Waals surface area contributed by atoms with Gasteiger partial charge in [0.1, 0.15) is 0 Å². The van der Waals surface area contributed by atoms with Crippen molar-refractivity contribution in [2.75, 3.05) is 14.2 Å². The van der Waals surface area contributed by atoms with E-state index in [1.807, 2.05) is 5.38 Å². The van der Waals surface area contributed by atoms with Crippen molar-refractivity contribution in [1.82, 2.24) is 0 Å². The van der Waals surface area contributed by atoms with Crippen LogP contribution in [0.15, 0.2) is 15.9 Å². The molecule has 1 heterocycles. The zero-order valence-electron chi connectivity index (χ0n) is 7.24. The smallest absolute Gasteiger partial charge is 0.228 e. The zero-order chi connectivity index (χ0) is 9.84. The summed E-state index contributed by atoms with van der Waals surface area (Å²) in [6.45, 7) is 0. The van der Waals surface area contributed by atoms with Crippen molar-refractivity contribution in [2.45, 2.75) is 6.29 Å². The Morgan fingerprint density at radius 3 is 2.54 bits per heavy atom. The fourth-order valence-corrected chi connectivity index (χ4v) is 2.24. The first-order valence-electron chi connectivity index (χ1n) is 3.53. The van der Waals surface area contributed by atoms with Crippen LogP contribution in [0.3, 0.4) is 0 Å². The highest BCUT2D eigenvalue weighted by Crippen LogP contribution is 2.21.